The highest BCUT2D eigenvalue weighted by Crippen LogP contribution is 2.36. The highest BCUT2D eigenvalue weighted by molar-refractivity contribution is 6.36. The zero-order chi connectivity index (χ0) is 28.6. The summed E-state index contributed by atoms with van der Waals surface area (Å²) in [6.45, 7) is 9.96. The average Bonchev–Trinajstić information content (AvgIpc) is 3.19. The van der Waals surface area contributed by atoms with Gasteiger partial charge in [-0.3, -0.25) is 9.89 Å². The van der Waals surface area contributed by atoms with Gasteiger partial charge in [0.2, 0.25) is 0 Å². The molecule has 3 aromatic rings. The molecule has 2 aliphatic rings. The Hall–Kier alpha value is -3.72. The average molecular weight is 566 g/mol. The van der Waals surface area contributed by atoms with Gasteiger partial charge in [-0.2, -0.15) is 9.97 Å². The van der Waals surface area contributed by atoms with Crippen LogP contribution in [0.2, 0.25) is 5.02 Å². The second-order valence-corrected chi connectivity index (χ2v) is 11.5. The predicted octanol–water partition coefficient (Wildman–Crippen LogP) is 6.44. The number of alkyl halides is 1. The SMILES string of the molecule is C=C(N=Cc1c(CF)nc(OC)nc1N1CC2CCC(C1)N2C(=O)OC(C)(C)C)c1cccc2cccc(Cl)c12. The van der Waals surface area contributed by atoms with Gasteiger partial charge in [0, 0.05) is 35.3 Å². The van der Waals surface area contributed by atoms with Gasteiger partial charge in [0.15, 0.2) is 0 Å². The van der Waals surface area contributed by atoms with E-state index in [1.54, 1.807) is 6.21 Å². The number of nitrogens with zero attached hydrogens (tertiary/aromatic N) is 5. The van der Waals surface area contributed by atoms with Crippen LogP contribution in [-0.2, 0) is 11.4 Å². The molecule has 2 aromatic carbocycles. The van der Waals surface area contributed by atoms with Crippen molar-refractivity contribution >= 4 is 46.2 Å². The number of methoxy groups -OCH3 is 1. The second kappa shape index (κ2) is 11.0. The molecule has 210 valence electrons. The van der Waals surface area contributed by atoms with Crippen LogP contribution in [-0.4, -0.2) is 65.1 Å². The first-order valence-corrected chi connectivity index (χ1v) is 13.6. The van der Waals surface area contributed by atoms with Crippen molar-refractivity contribution in [2.24, 2.45) is 4.99 Å². The van der Waals surface area contributed by atoms with Crippen LogP contribution in [0.1, 0.15) is 50.4 Å². The number of amides is 1. The van der Waals surface area contributed by atoms with Gasteiger partial charge >= 0.3 is 12.1 Å². The van der Waals surface area contributed by atoms with E-state index in [0.717, 1.165) is 29.2 Å². The number of aromatic nitrogens is 2. The van der Waals surface area contributed by atoms with Gasteiger partial charge in [-0.1, -0.05) is 48.5 Å². The molecule has 2 bridgehead atoms. The van der Waals surface area contributed by atoms with Crippen molar-refractivity contribution in [1.29, 1.82) is 0 Å². The molecule has 0 radical (unpaired) electrons. The van der Waals surface area contributed by atoms with E-state index in [2.05, 4.69) is 26.4 Å². The highest BCUT2D eigenvalue weighted by atomic mass is 35.5. The fourth-order valence-corrected chi connectivity index (χ4v) is 5.77. The highest BCUT2D eigenvalue weighted by Gasteiger charge is 2.45. The molecule has 10 heteroatoms. The third kappa shape index (κ3) is 5.47. The summed E-state index contributed by atoms with van der Waals surface area (Å²) in [5.74, 6) is 0.507. The second-order valence-electron chi connectivity index (χ2n) is 11.1. The van der Waals surface area contributed by atoms with E-state index in [-0.39, 0.29) is 29.9 Å². The maximum absolute atomic E-state index is 14.3. The lowest BCUT2D eigenvalue weighted by Gasteiger charge is -2.42. The van der Waals surface area contributed by atoms with Gasteiger partial charge < -0.3 is 14.4 Å². The van der Waals surface area contributed by atoms with Crippen LogP contribution < -0.4 is 9.64 Å². The number of aliphatic imine (C=N–C) groups is 1. The molecule has 2 saturated heterocycles. The minimum Gasteiger partial charge on any atom is -0.467 e. The van der Waals surface area contributed by atoms with Crippen LogP contribution in [0.5, 0.6) is 6.01 Å². The van der Waals surface area contributed by atoms with Crippen LogP contribution in [0.3, 0.4) is 0 Å². The van der Waals surface area contributed by atoms with Crippen molar-refractivity contribution in [2.75, 3.05) is 25.1 Å². The van der Waals surface area contributed by atoms with Gasteiger partial charge in [-0.05, 0) is 45.1 Å². The normalized spacial score (nSPS) is 18.9. The van der Waals surface area contributed by atoms with E-state index >= 15 is 0 Å². The largest absolute Gasteiger partial charge is 0.467 e. The molecule has 1 amide bonds. The van der Waals surface area contributed by atoms with Gasteiger partial charge in [0.05, 0.1) is 36.1 Å². The summed E-state index contributed by atoms with van der Waals surface area (Å²) >= 11 is 6.51. The minimum absolute atomic E-state index is 0.0547. The number of piperazine rings is 1. The Morgan fingerprint density at radius 2 is 1.85 bits per heavy atom. The number of halogens is 2. The molecule has 0 N–H and O–H groups in total. The van der Waals surface area contributed by atoms with E-state index in [1.807, 2.05) is 62.1 Å². The molecule has 2 aliphatic heterocycles. The van der Waals surface area contributed by atoms with Crippen LogP contribution in [0.25, 0.3) is 16.5 Å². The van der Waals surface area contributed by atoms with Crippen LogP contribution in [0, 0.1) is 0 Å². The first-order chi connectivity index (χ1) is 19.1. The van der Waals surface area contributed by atoms with Crippen molar-refractivity contribution in [3.8, 4) is 6.01 Å². The van der Waals surface area contributed by atoms with Crippen molar-refractivity contribution in [3.63, 3.8) is 0 Å². The molecule has 5 rings (SSSR count). The van der Waals surface area contributed by atoms with E-state index < -0.39 is 12.3 Å². The van der Waals surface area contributed by atoms with Crippen molar-refractivity contribution in [2.45, 2.75) is 58.0 Å². The number of fused-ring (bicyclic) bond motifs is 3. The zero-order valence-electron chi connectivity index (χ0n) is 23.2. The molecule has 40 heavy (non-hydrogen) atoms. The lowest BCUT2D eigenvalue weighted by atomic mass is 10.0. The van der Waals surface area contributed by atoms with E-state index in [4.69, 9.17) is 21.1 Å². The van der Waals surface area contributed by atoms with E-state index in [9.17, 15) is 9.18 Å². The van der Waals surface area contributed by atoms with Crippen molar-refractivity contribution in [1.82, 2.24) is 14.9 Å². The molecule has 3 heterocycles. The molecular weight excluding hydrogens is 533 g/mol. The quantitative estimate of drug-likeness (QED) is 0.320. The van der Waals surface area contributed by atoms with Crippen molar-refractivity contribution < 1.29 is 18.7 Å². The summed E-state index contributed by atoms with van der Waals surface area (Å²) in [6.07, 6.45) is 2.95. The lowest BCUT2D eigenvalue weighted by Crippen LogP contribution is -2.57. The van der Waals surface area contributed by atoms with E-state index in [0.29, 0.717) is 35.2 Å². The number of carbonyl (C=O) groups is 1. The number of benzene rings is 2. The third-order valence-electron chi connectivity index (χ3n) is 7.19. The van der Waals surface area contributed by atoms with Crippen molar-refractivity contribution in [3.05, 3.63) is 64.8 Å². The summed E-state index contributed by atoms with van der Waals surface area (Å²) in [4.78, 5) is 30.4. The van der Waals surface area contributed by atoms with Gasteiger partial charge in [0.25, 0.3) is 0 Å². The number of anilines is 1. The van der Waals surface area contributed by atoms with Crippen LogP contribution in [0.4, 0.5) is 15.0 Å². The van der Waals surface area contributed by atoms with Gasteiger partial charge in [-0.15, -0.1) is 0 Å². The monoisotopic (exact) mass is 565 g/mol. The number of hydrogen-bond donors (Lipinski definition) is 0. The molecule has 1 aromatic heterocycles. The topological polar surface area (TPSA) is 80.2 Å². The first kappa shape index (κ1) is 27.8. The molecular formula is C30H33ClFN5O3. The molecule has 2 unspecified atom stereocenters. The van der Waals surface area contributed by atoms with E-state index in [1.165, 1.54) is 7.11 Å². The predicted molar refractivity (Wildman–Crippen MR) is 156 cm³/mol. The van der Waals surface area contributed by atoms with Gasteiger partial charge in [-0.25, -0.2) is 9.18 Å². The number of rotatable bonds is 6. The fourth-order valence-electron chi connectivity index (χ4n) is 5.48. The Kier molecular flexibility index (Phi) is 7.68. The Morgan fingerprint density at radius 3 is 2.48 bits per heavy atom. The standard InChI is InChI=1S/C30H33ClFN5O3/c1-18(22-10-6-8-19-9-7-11-24(31)26(19)22)33-15-23-25(14-32)34-28(39-5)35-27(23)36-16-20-12-13-21(17-36)37(20)29(38)40-30(2,3)4/h6-11,15,20-21H,1,12-14,16-17H2,2-5H3. The molecule has 0 saturated carbocycles. The molecule has 2 atom stereocenters. The summed E-state index contributed by atoms with van der Waals surface area (Å²) < 4.78 is 25.3. The maximum atomic E-state index is 14.3. The Bertz CT molecular complexity index is 1470. The molecule has 2 fully saturated rings. The first-order valence-electron chi connectivity index (χ1n) is 13.3. The molecule has 0 aliphatic carbocycles. The Labute approximate surface area is 238 Å². The zero-order valence-corrected chi connectivity index (χ0v) is 23.9. The summed E-state index contributed by atoms with van der Waals surface area (Å²) in [5, 5.41) is 2.42. The van der Waals surface area contributed by atoms with Gasteiger partial charge in [0.1, 0.15) is 18.1 Å². The van der Waals surface area contributed by atoms with Crippen LogP contribution in [0.15, 0.2) is 48.0 Å². The molecule has 8 nitrogen and oxygen atoms in total. The smallest absolute Gasteiger partial charge is 0.410 e. The lowest BCUT2D eigenvalue weighted by molar-refractivity contribution is 0.0122. The number of hydrogen-bond acceptors (Lipinski definition) is 7. The summed E-state index contributed by atoms with van der Waals surface area (Å²) in [6, 6.07) is 11.5. The Balaban J connectivity index is 1.48. The summed E-state index contributed by atoms with van der Waals surface area (Å²) in [7, 11) is 1.45. The summed E-state index contributed by atoms with van der Waals surface area (Å²) in [5.41, 5.74) is 1.28. The number of carbonyl (C=O) groups excluding carboxylic acids is 1. The molecule has 0 spiro atoms. The van der Waals surface area contributed by atoms with Crippen LogP contribution >= 0.6 is 11.6 Å². The minimum atomic E-state index is -0.829. The maximum Gasteiger partial charge on any atom is 0.410 e. The fraction of sp³-hybridized carbons (Fsp3) is 0.400. The third-order valence-corrected chi connectivity index (χ3v) is 7.51. The Morgan fingerprint density at radius 1 is 1.18 bits per heavy atom. The number of ether oxygens (including phenoxy) is 2.